The summed E-state index contributed by atoms with van der Waals surface area (Å²) in [4.78, 5) is 25.0. The summed E-state index contributed by atoms with van der Waals surface area (Å²) < 4.78 is 32.0. The quantitative estimate of drug-likeness (QED) is 0.310. The number of benzene rings is 2. The average molecular weight is 586 g/mol. The third-order valence-electron chi connectivity index (χ3n) is 6.13. The Labute approximate surface area is 231 Å². The largest absolute Gasteiger partial charge is 0.464 e. The van der Waals surface area contributed by atoms with Crippen molar-refractivity contribution in [3.8, 4) is 0 Å². The van der Waals surface area contributed by atoms with Gasteiger partial charge in [-0.1, -0.05) is 49.2 Å². The molecule has 0 bridgehead atoms. The summed E-state index contributed by atoms with van der Waals surface area (Å²) in [6.45, 7) is 4.38. The van der Waals surface area contributed by atoms with Crippen LogP contribution in [0.4, 0.5) is 0 Å². The molecule has 1 atom stereocenters. The molecule has 3 rings (SSSR count). The van der Waals surface area contributed by atoms with Gasteiger partial charge in [-0.3, -0.25) is 9.59 Å². The predicted octanol–water partition coefficient (Wildman–Crippen LogP) is 3.59. The topological polar surface area (TPSA) is 135 Å². The standard InChI is InChI=1S/C26H30Cl2N2O7S/c1-15-9-20-18(24(28)23(15)27)10-21(30(20)4)25(34)29-19(11-31)16-5-7-17(8-6-16)38(35,36)12-22(33)37-14-26(2,3)13-32/h5-10,19,31-32H,11-14H2,1-4H3,(H,29,34). The van der Waals surface area contributed by atoms with Gasteiger partial charge in [0.15, 0.2) is 15.6 Å². The molecule has 12 heteroatoms. The molecule has 1 amide bonds. The van der Waals surface area contributed by atoms with Crippen molar-refractivity contribution in [2.45, 2.75) is 31.7 Å². The fourth-order valence-corrected chi connectivity index (χ4v) is 5.29. The molecule has 1 heterocycles. The van der Waals surface area contributed by atoms with Crippen LogP contribution in [0, 0.1) is 12.3 Å². The van der Waals surface area contributed by atoms with Gasteiger partial charge in [0.1, 0.15) is 5.69 Å². The number of esters is 1. The van der Waals surface area contributed by atoms with Crippen LogP contribution in [0.5, 0.6) is 0 Å². The molecule has 1 unspecified atom stereocenters. The van der Waals surface area contributed by atoms with E-state index in [1.54, 1.807) is 31.5 Å². The minimum Gasteiger partial charge on any atom is -0.464 e. The van der Waals surface area contributed by atoms with Gasteiger partial charge >= 0.3 is 5.97 Å². The Morgan fingerprint density at radius 1 is 1.11 bits per heavy atom. The van der Waals surface area contributed by atoms with Crippen LogP contribution in [0.2, 0.25) is 10.0 Å². The Bertz CT molecular complexity index is 1470. The summed E-state index contributed by atoms with van der Waals surface area (Å²) in [6.07, 6.45) is 0. The number of aryl methyl sites for hydroxylation is 2. The number of halogens is 2. The van der Waals surface area contributed by atoms with Crippen LogP contribution in [0.15, 0.2) is 41.3 Å². The average Bonchev–Trinajstić information content (AvgIpc) is 3.20. The van der Waals surface area contributed by atoms with Crippen molar-refractivity contribution in [3.63, 3.8) is 0 Å². The first-order valence-corrected chi connectivity index (χ1v) is 14.1. The number of hydrogen-bond acceptors (Lipinski definition) is 7. The van der Waals surface area contributed by atoms with Crippen molar-refractivity contribution < 1.29 is 33.0 Å². The van der Waals surface area contributed by atoms with Crippen LogP contribution in [-0.4, -0.2) is 60.6 Å². The summed E-state index contributed by atoms with van der Waals surface area (Å²) in [7, 11) is -2.28. The number of hydrogen-bond donors (Lipinski definition) is 3. The number of carbonyl (C=O) groups is 2. The number of aliphatic hydroxyl groups is 2. The van der Waals surface area contributed by atoms with Gasteiger partial charge in [-0.15, -0.1) is 0 Å². The number of rotatable bonds is 10. The Balaban J connectivity index is 1.75. The molecular weight excluding hydrogens is 555 g/mol. The Morgan fingerprint density at radius 2 is 1.74 bits per heavy atom. The molecule has 0 fully saturated rings. The maximum Gasteiger partial charge on any atom is 0.321 e. The summed E-state index contributed by atoms with van der Waals surface area (Å²) in [5, 5.41) is 23.3. The number of carbonyl (C=O) groups excluding carboxylic acids is 2. The molecule has 38 heavy (non-hydrogen) atoms. The number of nitrogens with zero attached hydrogens (tertiary/aromatic N) is 1. The molecule has 0 aliphatic rings. The number of ether oxygens (including phenoxy) is 1. The van der Waals surface area contributed by atoms with Crippen molar-refractivity contribution >= 4 is 55.8 Å². The van der Waals surface area contributed by atoms with Crippen LogP contribution in [-0.2, 0) is 26.4 Å². The van der Waals surface area contributed by atoms with Gasteiger partial charge in [-0.05, 0) is 42.3 Å². The number of fused-ring (bicyclic) bond motifs is 1. The van der Waals surface area contributed by atoms with Crippen molar-refractivity contribution in [3.05, 3.63) is 63.3 Å². The lowest BCUT2D eigenvalue weighted by molar-refractivity contribution is -0.144. The fourth-order valence-electron chi connectivity index (χ4n) is 3.72. The molecule has 3 aromatic rings. The van der Waals surface area contributed by atoms with E-state index in [4.69, 9.17) is 27.9 Å². The van der Waals surface area contributed by atoms with Crippen LogP contribution in [0.1, 0.15) is 41.5 Å². The van der Waals surface area contributed by atoms with E-state index in [0.717, 1.165) is 11.1 Å². The van der Waals surface area contributed by atoms with E-state index in [-0.39, 0.29) is 18.1 Å². The molecule has 0 spiro atoms. The summed E-state index contributed by atoms with van der Waals surface area (Å²) >= 11 is 12.6. The van der Waals surface area contributed by atoms with E-state index in [1.165, 1.54) is 24.3 Å². The first kappa shape index (κ1) is 29.9. The van der Waals surface area contributed by atoms with Crippen LogP contribution in [0.25, 0.3) is 10.9 Å². The third kappa shape index (κ3) is 6.50. The second-order valence-electron chi connectivity index (χ2n) is 9.86. The molecule has 3 N–H and O–H groups in total. The monoisotopic (exact) mass is 584 g/mol. The van der Waals surface area contributed by atoms with Gasteiger partial charge in [-0.2, -0.15) is 0 Å². The fraction of sp³-hybridized carbons (Fsp3) is 0.385. The maximum atomic E-state index is 13.1. The lowest BCUT2D eigenvalue weighted by atomic mass is 9.97. The number of sulfone groups is 1. The zero-order valence-electron chi connectivity index (χ0n) is 21.4. The van der Waals surface area contributed by atoms with E-state index < -0.39 is 45.5 Å². The number of aliphatic hydroxyl groups excluding tert-OH is 2. The number of nitrogens with one attached hydrogen (secondary N) is 1. The van der Waals surface area contributed by atoms with Crippen LogP contribution >= 0.6 is 23.2 Å². The third-order valence-corrected chi connectivity index (χ3v) is 8.71. The van der Waals surface area contributed by atoms with E-state index in [1.807, 2.05) is 13.0 Å². The second kappa shape index (κ2) is 11.6. The SMILES string of the molecule is Cc1cc2c(cc(C(=O)NC(CO)c3ccc(S(=O)(=O)CC(=O)OCC(C)(C)CO)cc3)n2C)c(Cl)c1Cl. The molecular formula is C26H30Cl2N2O7S. The highest BCUT2D eigenvalue weighted by Gasteiger charge is 2.25. The molecule has 0 radical (unpaired) electrons. The molecule has 2 aromatic carbocycles. The molecule has 0 saturated carbocycles. The van der Waals surface area contributed by atoms with Crippen molar-refractivity contribution in [1.82, 2.24) is 9.88 Å². The highest BCUT2D eigenvalue weighted by atomic mass is 35.5. The molecule has 206 valence electrons. The normalized spacial score (nSPS) is 12.9. The van der Waals surface area contributed by atoms with Gasteiger partial charge in [0, 0.05) is 17.8 Å². The lowest BCUT2D eigenvalue weighted by Gasteiger charge is -2.20. The van der Waals surface area contributed by atoms with Crippen LogP contribution in [0.3, 0.4) is 0 Å². The first-order valence-electron chi connectivity index (χ1n) is 11.7. The van der Waals surface area contributed by atoms with E-state index >= 15 is 0 Å². The molecule has 0 aliphatic carbocycles. The summed E-state index contributed by atoms with van der Waals surface area (Å²) in [5.41, 5.74) is 1.56. The summed E-state index contributed by atoms with van der Waals surface area (Å²) in [6, 6.07) is 8.11. The molecule has 0 saturated heterocycles. The van der Waals surface area contributed by atoms with E-state index in [9.17, 15) is 28.2 Å². The zero-order chi connectivity index (χ0) is 28.4. The predicted molar refractivity (Wildman–Crippen MR) is 145 cm³/mol. The molecule has 9 nitrogen and oxygen atoms in total. The van der Waals surface area contributed by atoms with Gasteiger partial charge in [-0.25, -0.2) is 8.42 Å². The van der Waals surface area contributed by atoms with Crippen molar-refractivity contribution in [1.29, 1.82) is 0 Å². The molecule has 1 aromatic heterocycles. The zero-order valence-corrected chi connectivity index (χ0v) is 23.7. The lowest BCUT2D eigenvalue weighted by Crippen LogP contribution is -2.32. The number of aromatic nitrogens is 1. The number of amides is 1. The highest BCUT2D eigenvalue weighted by molar-refractivity contribution is 7.92. The van der Waals surface area contributed by atoms with Gasteiger partial charge in [0.05, 0.1) is 46.3 Å². The van der Waals surface area contributed by atoms with E-state index in [2.05, 4.69) is 5.32 Å². The Morgan fingerprint density at radius 3 is 2.32 bits per heavy atom. The Hall–Kier alpha value is -2.63. The summed E-state index contributed by atoms with van der Waals surface area (Å²) in [5.74, 6) is -2.26. The molecule has 0 aliphatic heterocycles. The van der Waals surface area contributed by atoms with Crippen molar-refractivity contribution in [2.75, 3.05) is 25.6 Å². The Kier molecular flexibility index (Phi) is 9.16. The van der Waals surface area contributed by atoms with Crippen molar-refractivity contribution in [2.24, 2.45) is 12.5 Å². The first-order chi connectivity index (χ1) is 17.7. The smallest absolute Gasteiger partial charge is 0.321 e. The minimum absolute atomic E-state index is 0.113. The van der Waals surface area contributed by atoms with Crippen LogP contribution < -0.4 is 5.32 Å². The minimum atomic E-state index is -3.99. The second-order valence-corrected chi connectivity index (χ2v) is 12.6. The maximum absolute atomic E-state index is 13.1. The highest BCUT2D eigenvalue weighted by Crippen LogP contribution is 2.35. The van der Waals surface area contributed by atoms with E-state index in [0.29, 0.717) is 26.7 Å². The van der Waals surface area contributed by atoms with Gasteiger partial charge in [0.25, 0.3) is 5.91 Å². The van der Waals surface area contributed by atoms with Gasteiger partial charge in [0.2, 0.25) is 0 Å². The van der Waals surface area contributed by atoms with Gasteiger partial charge < -0.3 is 24.8 Å².